The number of nitrogen functional groups attached to an aromatic ring is 1. The molecule has 1 aliphatic heterocycles. The largest absolute Gasteiger partial charge is 0.490 e. The Morgan fingerprint density at radius 2 is 1.70 bits per heavy atom. The molecule has 1 amide bonds. The fourth-order valence-corrected chi connectivity index (χ4v) is 5.80. The van der Waals surface area contributed by atoms with Crippen molar-refractivity contribution >= 4 is 39.5 Å². The number of anilines is 2. The summed E-state index contributed by atoms with van der Waals surface area (Å²) >= 11 is 0. The van der Waals surface area contributed by atoms with Crippen molar-refractivity contribution in [3.8, 4) is 28.3 Å². The van der Waals surface area contributed by atoms with Gasteiger partial charge in [-0.25, -0.2) is 9.78 Å². The van der Waals surface area contributed by atoms with Gasteiger partial charge in [0, 0.05) is 47.8 Å². The minimum Gasteiger partial charge on any atom is -0.490 e. The van der Waals surface area contributed by atoms with Crippen molar-refractivity contribution in [1.29, 1.82) is 0 Å². The van der Waals surface area contributed by atoms with Gasteiger partial charge in [0.05, 0.1) is 5.69 Å². The smallest absolute Gasteiger partial charge is 0.330 e. The summed E-state index contributed by atoms with van der Waals surface area (Å²) in [6.45, 7) is 4.09. The average Bonchev–Trinajstić information content (AvgIpc) is 3.64. The van der Waals surface area contributed by atoms with Crippen molar-refractivity contribution in [2.75, 3.05) is 31.2 Å². The number of hydrogen-bond donors (Lipinski definition) is 3. The molecule has 0 atom stereocenters. The minimum absolute atomic E-state index is 0.172. The number of piperidine rings is 1. The number of H-pyrrole nitrogens is 1. The van der Waals surface area contributed by atoms with E-state index in [0.29, 0.717) is 17.0 Å². The van der Waals surface area contributed by atoms with E-state index in [4.69, 9.17) is 10.5 Å². The molecule has 4 heterocycles. The Morgan fingerprint density at radius 3 is 2.42 bits per heavy atom. The lowest BCUT2D eigenvalue weighted by Gasteiger charge is -2.29. The van der Waals surface area contributed by atoms with Crippen LogP contribution in [0, 0.1) is 6.92 Å². The molecule has 43 heavy (non-hydrogen) atoms. The number of amides is 1. The molecule has 1 saturated heterocycles. The molecule has 1 aliphatic rings. The predicted octanol–water partition coefficient (Wildman–Crippen LogP) is 6.69. The van der Waals surface area contributed by atoms with E-state index in [-0.39, 0.29) is 18.1 Å². The first-order valence-electron chi connectivity index (χ1n) is 14.5. The van der Waals surface area contributed by atoms with E-state index in [9.17, 15) is 4.79 Å². The number of nitrogens with two attached hydrogens (primary N) is 1. The van der Waals surface area contributed by atoms with Crippen LogP contribution in [0.25, 0.3) is 44.3 Å². The molecule has 9 heteroatoms. The molecule has 0 unspecified atom stereocenters. The van der Waals surface area contributed by atoms with Gasteiger partial charge in [0.2, 0.25) is 5.95 Å². The fourth-order valence-electron chi connectivity index (χ4n) is 5.80. The number of aromatic nitrogens is 4. The Labute approximate surface area is 249 Å². The van der Waals surface area contributed by atoms with Crippen molar-refractivity contribution in [2.24, 2.45) is 0 Å². The maximum Gasteiger partial charge on any atom is 0.330 e. The number of carbonyl (C=O) groups is 1. The molecule has 216 valence electrons. The Balaban J connectivity index is 1.16. The van der Waals surface area contributed by atoms with E-state index >= 15 is 0 Å². The molecule has 7 rings (SSSR count). The third kappa shape index (κ3) is 5.30. The maximum atomic E-state index is 13.1. The Morgan fingerprint density at radius 1 is 0.977 bits per heavy atom. The summed E-state index contributed by atoms with van der Waals surface area (Å²) in [5.41, 5.74) is 11.9. The van der Waals surface area contributed by atoms with Crippen LogP contribution in [-0.4, -0.2) is 56.7 Å². The monoisotopic (exact) mass is 571 g/mol. The summed E-state index contributed by atoms with van der Waals surface area (Å²) in [5, 5.41) is 5.91. The van der Waals surface area contributed by atoms with Gasteiger partial charge in [0.1, 0.15) is 17.5 Å². The van der Waals surface area contributed by atoms with E-state index in [1.54, 1.807) is 4.57 Å². The molecule has 9 nitrogen and oxygen atoms in total. The van der Waals surface area contributed by atoms with Crippen LogP contribution in [-0.2, 0) is 0 Å². The van der Waals surface area contributed by atoms with Crippen molar-refractivity contribution in [1.82, 2.24) is 24.4 Å². The highest BCUT2D eigenvalue weighted by molar-refractivity contribution is 5.99. The minimum atomic E-state index is -0.240. The molecular weight excluding hydrogens is 538 g/mol. The summed E-state index contributed by atoms with van der Waals surface area (Å²) in [7, 11) is 2.15. The van der Waals surface area contributed by atoms with Crippen LogP contribution in [0.1, 0.15) is 18.4 Å². The van der Waals surface area contributed by atoms with Gasteiger partial charge < -0.3 is 25.7 Å². The first-order valence-corrected chi connectivity index (χ1v) is 14.5. The molecule has 3 aromatic heterocycles. The number of carbonyl (C=O) groups excluding carboxylic acids is 1. The first kappa shape index (κ1) is 26.7. The maximum absolute atomic E-state index is 13.1. The normalized spacial score (nSPS) is 14.4. The quantitative estimate of drug-likeness (QED) is 0.212. The number of benzene rings is 3. The molecule has 0 spiro atoms. The van der Waals surface area contributed by atoms with E-state index in [2.05, 4.69) is 44.3 Å². The van der Waals surface area contributed by atoms with Gasteiger partial charge in [-0.15, -0.1) is 0 Å². The molecule has 0 radical (unpaired) electrons. The summed E-state index contributed by atoms with van der Waals surface area (Å²) in [5.74, 6) is 1.05. The van der Waals surface area contributed by atoms with Crippen molar-refractivity contribution in [3.63, 3.8) is 0 Å². The molecule has 3 aromatic carbocycles. The number of hydrogen-bond acceptors (Lipinski definition) is 6. The van der Waals surface area contributed by atoms with Gasteiger partial charge in [-0.1, -0.05) is 36.4 Å². The zero-order valence-electron chi connectivity index (χ0n) is 24.2. The predicted molar refractivity (Wildman–Crippen MR) is 171 cm³/mol. The summed E-state index contributed by atoms with van der Waals surface area (Å²) in [4.78, 5) is 28.0. The summed E-state index contributed by atoms with van der Waals surface area (Å²) < 4.78 is 7.80. The SMILES string of the molecule is Cc1c(NC(=O)n2cc3ccccc3c2)cccc1-c1nc(N)nc2[nH]c(-c3ccc(OC4CCN(C)CC4)cc3)cc12. The van der Waals surface area contributed by atoms with Crippen LogP contribution >= 0.6 is 0 Å². The molecule has 6 aromatic rings. The van der Waals surface area contributed by atoms with E-state index in [1.165, 1.54) is 0 Å². The highest BCUT2D eigenvalue weighted by Gasteiger charge is 2.19. The number of aromatic amines is 1. The molecular formula is C34H33N7O2. The van der Waals surface area contributed by atoms with Gasteiger partial charge in [0.25, 0.3) is 0 Å². The van der Waals surface area contributed by atoms with Crippen LogP contribution in [0.3, 0.4) is 0 Å². The van der Waals surface area contributed by atoms with Gasteiger partial charge in [-0.3, -0.25) is 4.57 Å². The lowest BCUT2D eigenvalue weighted by molar-refractivity contribution is 0.114. The standard InChI is InChI=1S/C34H33N7O2/c1-21-27(8-5-9-29(21)37-34(42)41-19-23-6-3-4-7-24(23)20-41)31-28-18-30(36-32(28)39-33(35)38-31)22-10-12-25(13-11-22)43-26-14-16-40(2)17-15-26/h3-13,18-20,26H,14-17H2,1-2H3,(H,37,42)(H3,35,36,38,39). The number of nitrogens with one attached hydrogen (secondary N) is 2. The first-order chi connectivity index (χ1) is 20.9. The van der Waals surface area contributed by atoms with E-state index in [0.717, 1.165) is 70.2 Å². The zero-order chi connectivity index (χ0) is 29.5. The van der Waals surface area contributed by atoms with Gasteiger partial charge in [-0.2, -0.15) is 4.98 Å². The molecule has 0 saturated carbocycles. The van der Waals surface area contributed by atoms with Crippen molar-refractivity contribution < 1.29 is 9.53 Å². The third-order valence-corrected chi connectivity index (χ3v) is 8.26. The number of fused-ring (bicyclic) bond motifs is 2. The zero-order valence-corrected chi connectivity index (χ0v) is 24.2. The second-order valence-corrected chi connectivity index (χ2v) is 11.2. The van der Waals surface area contributed by atoms with Gasteiger partial charge in [-0.05, 0) is 85.1 Å². The fraction of sp³-hybridized carbons (Fsp3) is 0.206. The highest BCUT2D eigenvalue weighted by atomic mass is 16.5. The van der Waals surface area contributed by atoms with Crippen LogP contribution in [0.4, 0.5) is 16.4 Å². The van der Waals surface area contributed by atoms with Crippen LogP contribution in [0.2, 0.25) is 0 Å². The molecule has 0 aliphatic carbocycles. The highest BCUT2D eigenvalue weighted by Crippen LogP contribution is 2.35. The molecule has 0 bridgehead atoms. The average molecular weight is 572 g/mol. The summed E-state index contributed by atoms with van der Waals surface area (Å²) in [6, 6.07) is 23.6. The second-order valence-electron chi connectivity index (χ2n) is 11.2. The van der Waals surface area contributed by atoms with E-state index < -0.39 is 0 Å². The lowest BCUT2D eigenvalue weighted by Crippen LogP contribution is -2.35. The topological polar surface area (TPSA) is 114 Å². The third-order valence-electron chi connectivity index (χ3n) is 8.26. The number of nitrogens with zero attached hydrogens (tertiary/aromatic N) is 4. The van der Waals surface area contributed by atoms with Gasteiger partial charge in [0.15, 0.2) is 0 Å². The number of likely N-dealkylation sites (tertiary alicyclic amines) is 1. The van der Waals surface area contributed by atoms with E-state index in [1.807, 2.05) is 80.0 Å². The number of ether oxygens (including phenoxy) is 1. The van der Waals surface area contributed by atoms with Crippen LogP contribution < -0.4 is 15.8 Å². The Hall–Kier alpha value is -5.15. The molecule has 4 N–H and O–H groups in total. The van der Waals surface area contributed by atoms with Crippen LogP contribution in [0.15, 0.2) is 85.2 Å². The second kappa shape index (κ2) is 10.9. The Bertz CT molecular complexity index is 1920. The molecule has 1 fully saturated rings. The van der Waals surface area contributed by atoms with Crippen molar-refractivity contribution in [2.45, 2.75) is 25.9 Å². The van der Waals surface area contributed by atoms with Crippen molar-refractivity contribution in [3.05, 3.63) is 90.8 Å². The van der Waals surface area contributed by atoms with Crippen LogP contribution in [0.5, 0.6) is 5.75 Å². The number of rotatable bonds is 5. The Kier molecular flexibility index (Phi) is 6.79. The van der Waals surface area contributed by atoms with Gasteiger partial charge >= 0.3 is 6.03 Å². The lowest BCUT2D eigenvalue weighted by atomic mass is 10.0. The summed E-state index contributed by atoms with van der Waals surface area (Å²) in [6.07, 6.45) is 5.98.